The molecule has 104 valence electrons. The first-order valence-corrected chi connectivity index (χ1v) is 6.11. The standard InChI is InChI=1S/C12H22N2O4/c1-8(12(2,3)4)13-11(17)14-5-6-18-9(7-14)10(15)16/h8-9H,5-7H2,1-4H3,(H,13,17)(H,15,16). The summed E-state index contributed by atoms with van der Waals surface area (Å²) in [4.78, 5) is 24.3. The summed E-state index contributed by atoms with van der Waals surface area (Å²) in [6.45, 7) is 8.83. The average Bonchev–Trinajstić information content (AvgIpc) is 2.27. The first-order valence-electron chi connectivity index (χ1n) is 6.11. The van der Waals surface area contributed by atoms with Gasteiger partial charge in [0.25, 0.3) is 0 Å². The molecule has 1 saturated heterocycles. The molecule has 1 heterocycles. The van der Waals surface area contributed by atoms with E-state index in [2.05, 4.69) is 5.32 Å². The summed E-state index contributed by atoms with van der Waals surface area (Å²) >= 11 is 0. The number of nitrogens with zero attached hydrogens (tertiary/aromatic N) is 1. The smallest absolute Gasteiger partial charge is 0.334 e. The van der Waals surface area contributed by atoms with Crippen LogP contribution in [0.1, 0.15) is 27.7 Å². The monoisotopic (exact) mass is 258 g/mol. The van der Waals surface area contributed by atoms with Gasteiger partial charge in [0.15, 0.2) is 6.10 Å². The lowest BCUT2D eigenvalue weighted by Gasteiger charge is -2.34. The second-order valence-corrected chi connectivity index (χ2v) is 5.68. The van der Waals surface area contributed by atoms with Crippen molar-refractivity contribution in [1.82, 2.24) is 10.2 Å². The first kappa shape index (κ1) is 14.8. The zero-order valence-electron chi connectivity index (χ0n) is 11.4. The molecule has 2 amide bonds. The predicted octanol–water partition coefficient (Wildman–Crippen LogP) is 0.916. The van der Waals surface area contributed by atoms with Gasteiger partial charge in [-0.1, -0.05) is 20.8 Å². The zero-order valence-corrected chi connectivity index (χ0v) is 11.4. The highest BCUT2D eigenvalue weighted by Gasteiger charge is 2.30. The van der Waals surface area contributed by atoms with E-state index >= 15 is 0 Å². The minimum Gasteiger partial charge on any atom is -0.479 e. The highest BCUT2D eigenvalue weighted by molar-refractivity contribution is 5.77. The van der Waals surface area contributed by atoms with E-state index in [0.29, 0.717) is 6.54 Å². The molecule has 18 heavy (non-hydrogen) atoms. The fourth-order valence-corrected chi connectivity index (χ4v) is 1.48. The van der Waals surface area contributed by atoms with Crippen molar-refractivity contribution in [3.05, 3.63) is 0 Å². The Bertz CT molecular complexity index is 325. The Kier molecular flexibility index (Phi) is 4.56. The van der Waals surface area contributed by atoms with Gasteiger partial charge in [-0.3, -0.25) is 0 Å². The lowest BCUT2D eigenvalue weighted by Crippen LogP contribution is -2.54. The number of amides is 2. The predicted molar refractivity (Wildman–Crippen MR) is 66.4 cm³/mol. The number of nitrogens with one attached hydrogen (secondary N) is 1. The van der Waals surface area contributed by atoms with Crippen LogP contribution in [-0.2, 0) is 9.53 Å². The molecule has 2 N–H and O–H groups in total. The molecule has 0 aromatic heterocycles. The maximum atomic E-state index is 12.0. The second kappa shape index (κ2) is 5.56. The van der Waals surface area contributed by atoms with E-state index in [9.17, 15) is 9.59 Å². The molecule has 0 bridgehead atoms. The minimum absolute atomic E-state index is 0.0103. The van der Waals surface area contributed by atoms with E-state index in [4.69, 9.17) is 9.84 Å². The van der Waals surface area contributed by atoms with E-state index < -0.39 is 12.1 Å². The molecular weight excluding hydrogens is 236 g/mol. The van der Waals surface area contributed by atoms with Gasteiger partial charge < -0.3 is 20.1 Å². The number of hydrogen-bond donors (Lipinski definition) is 2. The maximum Gasteiger partial charge on any atom is 0.334 e. The highest BCUT2D eigenvalue weighted by atomic mass is 16.5. The Labute approximate surface area is 107 Å². The summed E-state index contributed by atoms with van der Waals surface area (Å²) in [5.74, 6) is -1.03. The van der Waals surface area contributed by atoms with E-state index in [1.165, 1.54) is 4.90 Å². The number of ether oxygens (including phenoxy) is 1. The molecule has 1 aliphatic heterocycles. The number of urea groups is 1. The number of rotatable bonds is 2. The Morgan fingerprint density at radius 1 is 1.44 bits per heavy atom. The zero-order chi connectivity index (χ0) is 13.9. The minimum atomic E-state index is -1.03. The highest BCUT2D eigenvalue weighted by Crippen LogP contribution is 2.19. The van der Waals surface area contributed by atoms with Gasteiger partial charge in [0, 0.05) is 12.6 Å². The number of carboxylic acids is 1. The third-order valence-corrected chi connectivity index (χ3v) is 3.27. The van der Waals surface area contributed by atoms with Gasteiger partial charge in [0.1, 0.15) is 0 Å². The van der Waals surface area contributed by atoms with Crippen LogP contribution >= 0.6 is 0 Å². The fourth-order valence-electron chi connectivity index (χ4n) is 1.48. The number of carboxylic acid groups (broad SMARTS) is 1. The van der Waals surface area contributed by atoms with Crippen LogP contribution in [0.5, 0.6) is 0 Å². The molecule has 6 heteroatoms. The topological polar surface area (TPSA) is 78.9 Å². The van der Waals surface area contributed by atoms with Crippen LogP contribution in [0.3, 0.4) is 0 Å². The van der Waals surface area contributed by atoms with Crippen molar-refractivity contribution in [2.45, 2.75) is 39.8 Å². The summed E-state index contributed by atoms with van der Waals surface area (Å²) in [5.41, 5.74) is -0.0336. The Morgan fingerprint density at radius 2 is 2.06 bits per heavy atom. The molecule has 1 rings (SSSR count). The van der Waals surface area contributed by atoms with E-state index in [1.807, 2.05) is 27.7 Å². The average molecular weight is 258 g/mol. The van der Waals surface area contributed by atoms with E-state index in [0.717, 1.165) is 0 Å². The van der Waals surface area contributed by atoms with Crippen molar-refractivity contribution < 1.29 is 19.4 Å². The molecule has 0 radical (unpaired) electrons. The van der Waals surface area contributed by atoms with Crippen molar-refractivity contribution in [2.24, 2.45) is 5.41 Å². The van der Waals surface area contributed by atoms with Gasteiger partial charge >= 0.3 is 12.0 Å². The van der Waals surface area contributed by atoms with Crippen molar-refractivity contribution >= 4 is 12.0 Å². The maximum absolute atomic E-state index is 12.0. The fraction of sp³-hybridized carbons (Fsp3) is 0.833. The molecule has 2 atom stereocenters. The Morgan fingerprint density at radius 3 is 2.56 bits per heavy atom. The van der Waals surface area contributed by atoms with Gasteiger partial charge in [-0.05, 0) is 12.3 Å². The van der Waals surface area contributed by atoms with Gasteiger partial charge in [-0.25, -0.2) is 9.59 Å². The van der Waals surface area contributed by atoms with Crippen LogP contribution in [0.2, 0.25) is 0 Å². The summed E-state index contributed by atoms with van der Waals surface area (Å²) in [5, 5.41) is 11.8. The summed E-state index contributed by atoms with van der Waals surface area (Å²) < 4.78 is 5.07. The van der Waals surface area contributed by atoms with Gasteiger partial charge in [-0.2, -0.15) is 0 Å². The molecule has 0 spiro atoms. The van der Waals surface area contributed by atoms with Crippen LogP contribution in [0, 0.1) is 5.41 Å². The number of morpholine rings is 1. The van der Waals surface area contributed by atoms with Crippen LogP contribution in [-0.4, -0.2) is 53.8 Å². The van der Waals surface area contributed by atoms with Crippen molar-refractivity contribution in [2.75, 3.05) is 19.7 Å². The SMILES string of the molecule is CC(NC(=O)N1CCOC(C(=O)O)C1)C(C)(C)C. The Balaban J connectivity index is 2.54. The molecule has 6 nitrogen and oxygen atoms in total. The summed E-state index contributed by atoms with van der Waals surface area (Å²) in [6, 6.07) is -0.219. The third kappa shape index (κ3) is 3.87. The molecule has 1 fully saturated rings. The Hall–Kier alpha value is -1.30. The second-order valence-electron chi connectivity index (χ2n) is 5.68. The van der Waals surface area contributed by atoms with Crippen LogP contribution in [0.4, 0.5) is 4.79 Å². The van der Waals surface area contributed by atoms with Crippen LogP contribution < -0.4 is 5.32 Å². The van der Waals surface area contributed by atoms with Crippen molar-refractivity contribution in [1.29, 1.82) is 0 Å². The van der Waals surface area contributed by atoms with Gasteiger partial charge in [0.05, 0.1) is 13.2 Å². The van der Waals surface area contributed by atoms with E-state index in [-0.39, 0.29) is 30.6 Å². The van der Waals surface area contributed by atoms with Crippen molar-refractivity contribution in [3.63, 3.8) is 0 Å². The number of hydrogen-bond acceptors (Lipinski definition) is 3. The normalized spacial score (nSPS) is 22.4. The molecule has 0 aromatic carbocycles. The number of carbonyl (C=O) groups excluding carboxylic acids is 1. The van der Waals surface area contributed by atoms with Crippen molar-refractivity contribution in [3.8, 4) is 0 Å². The lowest BCUT2D eigenvalue weighted by atomic mass is 9.88. The van der Waals surface area contributed by atoms with Crippen LogP contribution in [0.25, 0.3) is 0 Å². The number of carbonyl (C=O) groups is 2. The first-order chi connectivity index (χ1) is 8.21. The third-order valence-electron chi connectivity index (χ3n) is 3.27. The molecule has 2 unspecified atom stereocenters. The molecule has 0 aliphatic carbocycles. The van der Waals surface area contributed by atoms with Gasteiger partial charge in [0.2, 0.25) is 0 Å². The molecule has 0 saturated carbocycles. The molecule has 1 aliphatic rings. The largest absolute Gasteiger partial charge is 0.479 e. The van der Waals surface area contributed by atoms with E-state index in [1.54, 1.807) is 0 Å². The summed E-state index contributed by atoms with van der Waals surface area (Å²) in [7, 11) is 0. The molecule has 0 aromatic rings. The van der Waals surface area contributed by atoms with Gasteiger partial charge in [-0.15, -0.1) is 0 Å². The number of aliphatic carboxylic acids is 1. The van der Waals surface area contributed by atoms with Crippen LogP contribution in [0.15, 0.2) is 0 Å². The quantitative estimate of drug-likeness (QED) is 0.772. The summed E-state index contributed by atoms with van der Waals surface area (Å²) in [6.07, 6.45) is -0.922. The lowest BCUT2D eigenvalue weighted by molar-refractivity contribution is -0.154. The molecular formula is C12H22N2O4.